The maximum Gasteiger partial charge on any atom is 0.254 e. The second kappa shape index (κ2) is 6.68. The van der Waals surface area contributed by atoms with Crippen LogP contribution in [0.5, 0.6) is 0 Å². The predicted octanol–water partition coefficient (Wildman–Crippen LogP) is 2.22. The fraction of sp³-hybridized carbons (Fsp3) is 0.417. The highest BCUT2D eigenvalue weighted by Gasteiger charge is 2.20. The summed E-state index contributed by atoms with van der Waals surface area (Å²) in [5, 5.41) is 2.83. The van der Waals surface area contributed by atoms with Crippen LogP contribution in [0.1, 0.15) is 17.3 Å². The minimum atomic E-state index is -0.668. The van der Waals surface area contributed by atoms with Crippen molar-refractivity contribution >= 4 is 17.5 Å². The summed E-state index contributed by atoms with van der Waals surface area (Å²) < 4.78 is 23.5. The Balaban J connectivity index is 2.76. The summed E-state index contributed by atoms with van der Waals surface area (Å²) >= 11 is 5.61. The second-order valence-corrected chi connectivity index (χ2v) is 4.16. The first-order valence-corrected chi connectivity index (χ1v) is 5.69. The van der Waals surface area contributed by atoms with E-state index in [-0.39, 0.29) is 10.6 Å². The third kappa shape index (κ3) is 3.66. The number of hydrogen-bond donors (Lipinski definition) is 1. The average molecular weight is 276 g/mol. The maximum atomic E-state index is 13.5. The van der Waals surface area contributed by atoms with Crippen molar-refractivity contribution < 1.29 is 18.7 Å². The number of ether oxygens (including phenoxy) is 2. The lowest BCUT2D eigenvalue weighted by molar-refractivity contribution is -0.117. The SMILES string of the molecule is COC(OC)C(C)NC(=O)c1ccc(Cl)cc1F. The molecule has 0 aliphatic heterocycles. The molecule has 0 aromatic heterocycles. The quantitative estimate of drug-likeness (QED) is 0.838. The lowest BCUT2D eigenvalue weighted by Gasteiger charge is -2.22. The Labute approximate surface area is 110 Å². The van der Waals surface area contributed by atoms with Crippen molar-refractivity contribution in [3.05, 3.63) is 34.6 Å². The molecule has 0 saturated carbocycles. The van der Waals surface area contributed by atoms with E-state index in [9.17, 15) is 9.18 Å². The molecule has 0 aliphatic rings. The number of amides is 1. The van der Waals surface area contributed by atoms with Gasteiger partial charge in [0.2, 0.25) is 0 Å². The molecule has 1 amide bonds. The average Bonchev–Trinajstić information content (AvgIpc) is 2.30. The van der Waals surface area contributed by atoms with Crippen LogP contribution in [0.4, 0.5) is 4.39 Å². The van der Waals surface area contributed by atoms with Crippen molar-refractivity contribution in [2.24, 2.45) is 0 Å². The van der Waals surface area contributed by atoms with Gasteiger partial charge in [-0.1, -0.05) is 11.6 Å². The van der Waals surface area contributed by atoms with E-state index >= 15 is 0 Å². The maximum absolute atomic E-state index is 13.5. The van der Waals surface area contributed by atoms with Gasteiger partial charge in [-0.25, -0.2) is 4.39 Å². The van der Waals surface area contributed by atoms with Crippen LogP contribution in [-0.2, 0) is 9.47 Å². The summed E-state index contributed by atoms with van der Waals surface area (Å²) in [6.07, 6.45) is -0.593. The number of rotatable bonds is 5. The Morgan fingerprint density at radius 2 is 2.00 bits per heavy atom. The lowest BCUT2D eigenvalue weighted by atomic mass is 10.2. The van der Waals surface area contributed by atoms with E-state index in [1.165, 1.54) is 26.4 Å². The number of carbonyl (C=O) groups excluding carboxylic acids is 1. The normalized spacial score (nSPS) is 12.6. The van der Waals surface area contributed by atoms with Crippen molar-refractivity contribution in [1.82, 2.24) is 5.32 Å². The highest BCUT2D eigenvalue weighted by Crippen LogP contribution is 2.14. The van der Waals surface area contributed by atoms with Crippen LogP contribution in [0.3, 0.4) is 0 Å². The molecule has 0 spiro atoms. The molecule has 1 aromatic rings. The zero-order chi connectivity index (χ0) is 13.7. The van der Waals surface area contributed by atoms with E-state index < -0.39 is 24.1 Å². The fourth-order valence-electron chi connectivity index (χ4n) is 1.53. The van der Waals surface area contributed by atoms with Crippen LogP contribution >= 0.6 is 11.6 Å². The number of benzene rings is 1. The van der Waals surface area contributed by atoms with Gasteiger partial charge in [0.05, 0.1) is 11.6 Å². The van der Waals surface area contributed by atoms with Gasteiger partial charge in [-0.2, -0.15) is 0 Å². The number of carbonyl (C=O) groups is 1. The molecule has 1 rings (SSSR count). The molecule has 0 heterocycles. The van der Waals surface area contributed by atoms with Gasteiger partial charge in [-0.3, -0.25) is 4.79 Å². The Hall–Kier alpha value is -1.17. The summed E-state index contributed by atoms with van der Waals surface area (Å²) in [4.78, 5) is 11.8. The van der Waals surface area contributed by atoms with Crippen LogP contribution in [-0.4, -0.2) is 32.5 Å². The van der Waals surface area contributed by atoms with Crippen molar-refractivity contribution in [3.8, 4) is 0 Å². The molecule has 1 unspecified atom stereocenters. The molecule has 0 radical (unpaired) electrons. The third-order valence-electron chi connectivity index (χ3n) is 2.41. The monoisotopic (exact) mass is 275 g/mol. The predicted molar refractivity (Wildman–Crippen MR) is 66.1 cm³/mol. The van der Waals surface area contributed by atoms with Gasteiger partial charge < -0.3 is 14.8 Å². The summed E-state index contributed by atoms with van der Waals surface area (Å²) in [5.41, 5.74) is -0.0720. The Kier molecular flexibility index (Phi) is 5.53. The zero-order valence-corrected chi connectivity index (χ0v) is 11.1. The number of halogens is 2. The highest BCUT2D eigenvalue weighted by atomic mass is 35.5. The molecule has 1 atom stereocenters. The minimum absolute atomic E-state index is 0.0720. The van der Waals surface area contributed by atoms with Crippen LogP contribution in [0.25, 0.3) is 0 Å². The van der Waals surface area contributed by atoms with Gasteiger partial charge in [-0.05, 0) is 25.1 Å². The van der Waals surface area contributed by atoms with Gasteiger partial charge in [0.25, 0.3) is 5.91 Å². The van der Waals surface area contributed by atoms with Crippen molar-refractivity contribution in [2.75, 3.05) is 14.2 Å². The van der Waals surface area contributed by atoms with Gasteiger partial charge >= 0.3 is 0 Å². The van der Waals surface area contributed by atoms with E-state index in [2.05, 4.69) is 5.32 Å². The van der Waals surface area contributed by atoms with Crippen LogP contribution in [0, 0.1) is 5.82 Å². The molecule has 1 aromatic carbocycles. The van der Waals surface area contributed by atoms with E-state index in [1.54, 1.807) is 6.92 Å². The van der Waals surface area contributed by atoms with Crippen LogP contribution < -0.4 is 5.32 Å². The Morgan fingerprint density at radius 3 is 2.50 bits per heavy atom. The minimum Gasteiger partial charge on any atom is -0.354 e. The summed E-state index contributed by atoms with van der Waals surface area (Å²) in [7, 11) is 2.92. The third-order valence-corrected chi connectivity index (χ3v) is 2.64. The molecule has 0 aliphatic carbocycles. The van der Waals surface area contributed by atoms with E-state index in [4.69, 9.17) is 21.1 Å². The standard InChI is InChI=1S/C12H15ClFNO3/c1-7(12(17-2)18-3)15-11(16)9-5-4-8(13)6-10(9)14/h4-7,12H,1-3H3,(H,15,16). The number of methoxy groups -OCH3 is 2. The molecular weight excluding hydrogens is 261 g/mol. The molecule has 18 heavy (non-hydrogen) atoms. The number of hydrogen-bond acceptors (Lipinski definition) is 3. The largest absolute Gasteiger partial charge is 0.354 e. The van der Waals surface area contributed by atoms with Gasteiger partial charge in [0.1, 0.15) is 5.82 Å². The van der Waals surface area contributed by atoms with Crippen molar-refractivity contribution in [2.45, 2.75) is 19.3 Å². The van der Waals surface area contributed by atoms with Gasteiger partial charge in [0, 0.05) is 19.2 Å². The molecule has 0 bridgehead atoms. The van der Waals surface area contributed by atoms with Crippen molar-refractivity contribution in [1.29, 1.82) is 0 Å². The van der Waals surface area contributed by atoms with E-state index in [0.29, 0.717) is 0 Å². The first-order valence-electron chi connectivity index (χ1n) is 5.31. The van der Waals surface area contributed by atoms with Crippen LogP contribution in [0.15, 0.2) is 18.2 Å². The molecular formula is C12H15ClFNO3. The Bertz CT molecular complexity index is 424. The molecule has 0 saturated heterocycles. The fourth-order valence-corrected chi connectivity index (χ4v) is 1.69. The van der Waals surface area contributed by atoms with Gasteiger partial charge in [-0.15, -0.1) is 0 Å². The van der Waals surface area contributed by atoms with Gasteiger partial charge in [0.15, 0.2) is 6.29 Å². The van der Waals surface area contributed by atoms with E-state index in [1.807, 2.05) is 0 Å². The summed E-state index contributed by atoms with van der Waals surface area (Å²) in [5.74, 6) is -1.21. The second-order valence-electron chi connectivity index (χ2n) is 3.73. The van der Waals surface area contributed by atoms with Crippen molar-refractivity contribution in [3.63, 3.8) is 0 Å². The smallest absolute Gasteiger partial charge is 0.254 e. The lowest BCUT2D eigenvalue weighted by Crippen LogP contribution is -2.43. The topological polar surface area (TPSA) is 47.6 Å². The summed E-state index contributed by atoms with van der Waals surface area (Å²) in [6.45, 7) is 1.70. The Morgan fingerprint density at radius 1 is 1.39 bits per heavy atom. The molecule has 1 N–H and O–H groups in total. The summed E-state index contributed by atoms with van der Waals surface area (Å²) in [6, 6.07) is 3.45. The first kappa shape index (κ1) is 14.9. The first-order chi connectivity index (χ1) is 8.49. The van der Waals surface area contributed by atoms with E-state index in [0.717, 1.165) is 6.07 Å². The highest BCUT2D eigenvalue weighted by molar-refractivity contribution is 6.30. The molecule has 6 heteroatoms. The molecule has 0 fully saturated rings. The molecule has 100 valence electrons. The number of nitrogens with one attached hydrogen (secondary N) is 1. The van der Waals surface area contributed by atoms with Crippen LogP contribution in [0.2, 0.25) is 5.02 Å². The molecule has 4 nitrogen and oxygen atoms in total. The zero-order valence-electron chi connectivity index (χ0n) is 10.4.